The van der Waals surface area contributed by atoms with Crippen molar-refractivity contribution in [1.29, 1.82) is 0 Å². The molecule has 5 aliphatic rings. The molecule has 1 aromatic rings. The van der Waals surface area contributed by atoms with E-state index in [1.54, 1.807) is 23.9 Å². The Hall–Kier alpha value is -2.38. The first kappa shape index (κ1) is 41.3. The summed E-state index contributed by atoms with van der Waals surface area (Å²) in [5, 5.41) is 24.6. The van der Waals surface area contributed by atoms with E-state index in [1.807, 2.05) is 33.8 Å². The molecule has 7 nitrogen and oxygen atoms in total. The zero-order chi connectivity index (χ0) is 39.1. The number of carbonyl (C=O) groups is 1. The smallest absolute Gasteiger partial charge is 0.306 e. The largest absolute Gasteiger partial charge is 0.507 e. The van der Waals surface area contributed by atoms with Crippen molar-refractivity contribution in [2.75, 3.05) is 6.61 Å². The summed E-state index contributed by atoms with van der Waals surface area (Å²) in [4.78, 5) is 17.7. The lowest BCUT2D eigenvalue weighted by Crippen LogP contribution is -2.59. The van der Waals surface area contributed by atoms with Crippen molar-refractivity contribution in [3.05, 3.63) is 35.4 Å². The molecule has 1 radical (unpaired) electrons. The summed E-state index contributed by atoms with van der Waals surface area (Å²) in [5.74, 6) is 5.48. The van der Waals surface area contributed by atoms with Gasteiger partial charge in [0.05, 0.1) is 12.6 Å². The zero-order valence-electron chi connectivity index (χ0n) is 35.3. The molecule has 0 amide bonds. The van der Waals surface area contributed by atoms with Crippen molar-refractivity contribution in [3.63, 3.8) is 0 Å². The first-order valence-corrected chi connectivity index (χ1v) is 21.8. The van der Waals surface area contributed by atoms with Gasteiger partial charge in [-0.15, -0.1) is 10.3 Å². The third-order valence-electron chi connectivity index (χ3n) is 15.3. The molecule has 1 N–H and O–H groups in total. The number of hydroxylamine groups is 2. The van der Waals surface area contributed by atoms with Gasteiger partial charge in [0.15, 0.2) is 0 Å². The number of nitrogens with zero attached hydrogens (tertiary/aromatic N) is 2. The Bertz CT molecular complexity index is 1510. The summed E-state index contributed by atoms with van der Waals surface area (Å²) in [5.41, 5.74) is 1.94. The number of fused-ring (bicyclic) bond motifs is 5. The average molecular weight is 746 g/mol. The fourth-order valence-corrected chi connectivity index (χ4v) is 12.6. The fourth-order valence-electron chi connectivity index (χ4n) is 12.6. The van der Waals surface area contributed by atoms with Gasteiger partial charge in [0.2, 0.25) is 0 Å². The second-order valence-corrected chi connectivity index (χ2v) is 20.6. The number of hydrogen-bond acceptors (Lipinski definition) is 6. The van der Waals surface area contributed by atoms with Crippen LogP contribution < -0.4 is 4.74 Å². The van der Waals surface area contributed by atoms with Crippen LogP contribution in [0.1, 0.15) is 164 Å². The van der Waals surface area contributed by atoms with Gasteiger partial charge in [-0.3, -0.25) is 9.79 Å². The average Bonchev–Trinajstić information content (AvgIpc) is 3.46. The Morgan fingerprint density at radius 1 is 0.963 bits per heavy atom. The minimum Gasteiger partial charge on any atom is -0.507 e. The molecule has 4 aliphatic carbocycles. The van der Waals surface area contributed by atoms with Gasteiger partial charge in [-0.05, 0) is 150 Å². The van der Waals surface area contributed by atoms with Crippen molar-refractivity contribution in [1.82, 2.24) is 5.06 Å². The molecule has 4 fully saturated rings. The highest BCUT2D eigenvalue weighted by Crippen LogP contribution is 2.67. The molecule has 1 aliphatic heterocycles. The molecular weight excluding hydrogens is 673 g/mol. The summed E-state index contributed by atoms with van der Waals surface area (Å²) in [6.45, 7) is 20.7. The van der Waals surface area contributed by atoms with Crippen LogP contribution in [-0.2, 0) is 14.7 Å². The molecular formula is C47H73N2O5. The van der Waals surface area contributed by atoms with Crippen molar-refractivity contribution in [2.24, 2.45) is 51.3 Å². The summed E-state index contributed by atoms with van der Waals surface area (Å²) >= 11 is 0. The highest BCUT2D eigenvalue weighted by molar-refractivity contribution is 5.83. The van der Waals surface area contributed by atoms with E-state index in [0.29, 0.717) is 49.0 Å². The van der Waals surface area contributed by atoms with Crippen molar-refractivity contribution in [2.45, 2.75) is 182 Å². The number of aliphatic imine (C=N–C) groups is 1. The maximum Gasteiger partial charge on any atom is 0.306 e. The molecule has 3 saturated carbocycles. The molecule has 8 atom stereocenters. The molecule has 7 heteroatoms. The van der Waals surface area contributed by atoms with Crippen LogP contribution in [0, 0.1) is 46.3 Å². The third-order valence-corrected chi connectivity index (χ3v) is 15.3. The number of esters is 1. The van der Waals surface area contributed by atoms with Crippen molar-refractivity contribution < 1.29 is 24.6 Å². The molecule has 0 bridgehead atoms. The summed E-state index contributed by atoms with van der Waals surface area (Å²) in [6, 6.07) is 5.23. The summed E-state index contributed by atoms with van der Waals surface area (Å²) in [6.07, 6.45) is 20.4. The molecule has 301 valence electrons. The first-order chi connectivity index (χ1) is 25.4. The minimum atomic E-state index is -0.492. The number of aromatic hydroxyl groups is 1. The van der Waals surface area contributed by atoms with E-state index >= 15 is 0 Å². The van der Waals surface area contributed by atoms with E-state index in [9.17, 15) is 15.1 Å². The highest BCUT2D eigenvalue weighted by atomic mass is 16.5. The van der Waals surface area contributed by atoms with E-state index in [-0.39, 0.29) is 29.3 Å². The Morgan fingerprint density at radius 2 is 1.70 bits per heavy atom. The van der Waals surface area contributed by atoms with E-state index in [0.717, 1.165) is 54.8 Å². The van der Waals surface area contributed by atoms with E-state index in [4.69, 9.17) is 14.5 Å². The first-order valence-electron chi connectivity index (χ1n) is 21.8. The number of hydrogen-bond donors (Lipinski definition) is 1. The van der Waals surface area contributed by atoms with Crippen LogP contribution in [0.5, 0.6) is 11.5 Å². The Labute approximate surface area is 327 Å². The van der Waals surface area contributed by atoms with E-state index in [2.05, 4.69) is 40.7 Å². The lowest BCUT2D eigenvalue weighted by Gasteiger charge is -2.58. The maximum atomic E-state index is 13.0. The van der Waals surface area contributed by atoms with Crippen LogP contribution in [0.25, 0.3) is 0 Å². The third kappa shape index (κ3) is 8.62. The van der Waals surface area contributed by atoms with E-state index < -0.39 is 11.1 Å². The second-order valence-electron chi connectivity index (χ2n) is 20.6. The topological polar surface area (TPSA) is 91.3 Å². The van der Waals surface area contributed by atoms with Gasteiger partial charge in [0, 0.05) is 41.8 Å². The SMILES string of the molecule is CC(C)CCC[C@@H](C)[C@H]1CC[C@H]2[C@@H]3CC=C4CC(OC(=O)CCCOc5ccc(C=NC6CC(C)(C)N([O])C(C)(C)C6)c(O)c5)CC[C@]4(C)[C@H]3CC[C@]12C. The van der Waals surface area contributed by atoms with Gasteiger partial charge in [-0.2, -0.15) is 0 Å². The zero-order valence-corrected chi connectivity index (χ0v) is 35.3. The van der Waals surface area contributed by atoms with Gasteiger partial charge in [0.25, 0.3) is 0 Å². The van der Waals surface area contributed by atoms with Crippen LogP contribution in [0.3, 0.4) is 0 Å². The Morgan fingerprint density at radius 3 is 2.41 bits per heavy atom. The van der Waals surface area contributed by atoms with Crippen LogP contribution in [0.15, 0.2) is 34.8 Å². The van der Waals surface area contributed by atoms with Gasteiger partial charge in [-0.1, -0.05) is 65.5 Å². The van der Waals surface area contributed by atoms with E-state index in [1.165, 1.54) is 56.4 Å². The van der Waals surface area contributed by atoms with Crippen molar-refractivity contribution >= 4 is 12.2 Å². The molecule has 0 aromatic heterocycles. The monoisotopic (exact) mass is 746 g/mol. The maximum absolute atomic E-state index is 13.0. The number of rotatable bonds is 13. The molecule has 0 spiro atoms. The lowest BCUT2D eigenvalue weighted by molar-refractivity contribution is -0.288. The predicted octanol–water partition coefficient (Wildman–Crippen LogP) is 11.3. The number of ether oxygens (including phenoxy) is 2. The Kier molecular flexibility index (Phi) is 12.4. The van der Waals surface area contributed by atoms with Gasteiger partial charge < -0.3 is 14.6 Å². The number of allylic oxidation sites excluding steroid dienone is 1. The normalized spacial score (nSPS) is 34.2. The van der Waals surface area contributed by atoms with Gasteiger partial charge in [-0.25, -0.2) is 0 Å². The lowest BCUT2D eigenvalue weighted by atomic mass is 9.47. The second kappa shape index (κ2) is 16.2. The molecule has 54 heavy (non-hydrogen) atoms. The van der Waals surface area contributed by atoms with Crippen LogP contribution in [0.2, 0.25) is 0 Å². The van der Waals surface area contributed by atoms with Crippen LogP contribution in [0.4, 0.5) is 0 Å². The predicted molar refractivity (Wildman–Crippen MR) is 217 cm³/mol. The standard InChI is InChI=1S/C47H73N2O5/c1-31(2)12-10-13-32(3)39-19-20-40-38-18-16-34-26-37(21-23-46(34,8)41(38)22-24-47(39,40)9)54-43(51)14-11-25-53-36-17-15-33(42(50)27-36)30-48-35-28-44(4,5)49(52)45(6,7)29-35/h15-17,27,30-32,35,37-41,50H,10-14,18-26,28-29H2,1-9H3/t32-,37?,38+,39-,40+,41+,46+,47-/m1/s1. The summed E-state index contributed by atoms with van der Waals surface area (Å²) in [7, 11) is 0. The summed E-state index contributed by atoms with van der Waals surface area (Å²) < 4.78 is 12.0. The fraction of sp³-hybridized carbons (Fsp3) is 0.787. The van der Waals surface area contributed by atoms with Crippen LogP contribution >= 0.6 is 0 Å². The highest BCUT2D eigenvalue weighted by Gasteiger charge is 2.59. The van der Waals surface area contributed by atoms with Crippen molar-refractivity contribution in [3.8, 4) is 11.5 Å². The quantitative estimate of drug-likeness (QED) is 0.0939. The molecule has 6 rings (SSSR count). The van der Waals surface area contributed by atoms with Gasteiger partial charge in [0.1, 0.15) is 17.6 Å². The van der Waals surface area contributed by atoms with Gasteiger partial charge >= 0.3 is 5.97 Å². The molecule has 1 saturated heterocycles. The Balaban J connectivity index is 0.943. The molecule has 1 heterocycles. The molecule has 1 unspecified atom stereocenters. The minimum absolute atomic E-state index is 0.00638. The number of phenolic OH excluding ortho intramolecular Hbond substituents is 1. The van der Waals surface area contributed by atoms with Crippen LogP contribution in [-0.4, -0.2) is 52.2 Å². The number of benzene rings is 1. The number of piperidine rings is 1. The number of carbonyl (C=O) groups excluding carboxylic acids is 1. The number of phenols is 1. The molecule has 1 aromatic carbocycles.